The molecule has 1 aromatic carbocycles. The van der Waals surface area contributed by atoms with Gasteiger partial charge in [-0.05, 0) is 51.8 Å². The maximum atomic E-state index is 12.4. The molecule has 1 aliphatic heterocycles. The Balaban J connectivity index is 2.39. The minimum atomic E-state index is -0.134. The molecule has 0 bridgehead atoms. The van der Waals surface area contributed by atoms with Gasteiger partial charge in [-0.2, -0.15) is 0 Å². The van der Waals surface area contributed by atoms with E-state index < -0.39 is 0 Å². The first-order valence-electron chi connectivity index (χ1n) is 14.9. The lowest BCUT2D eigenvalue weighted by atomic mass is 9.96. The molecule has 0 spiro atoms. The van der Waals surface area contributed by atoms with Crippen molar-refractivity contribution in [1.29, 1.82) is 0 Å². The zero-order valence-electron chi connectivity index (χ0n) is 26.7. The third-order valence-corrected chi connectivity index (χ3v) is 8.00. The molecule has 0 saturated carbocycles. The Bertz CT molecular complexity index is 1090. The molecule has 1 fully saturated rings. The fourth-order valence-corrected chi connectivity index (χ4v) is 5.27. The predicted molar refractivity (Wildman–Crippen MR) is 173 cm³/mol. The van der Waals surface area contributed by atoms with Crippen LogP contribution >= 0.6 is 12.2 Å². The third-order valence-electron chi connectivity index (χ3n) is 7.28. The van der Waals surface area contributed by atoms with Crippen LogP contribution in [-0.4, -0.2) is 126 Å². The number of hydrogen-bond acceptors (Lipinski definition) is 9. The molecule has 0 radical (unpaired) electrons. The molecule has 234 valence electrons. The summed E-state index contributed by atoms with van der Waals surface area (Å²) < 4.78 is 0. The normalized spacial score (nSPS) is 19.0. The van der Waals surface area contributed by atoms with E-state index in [1.807, 2.05) is 12.1 Å². The number of nitrogens with zero attached hydrogens (tertiary/aromatic N) is 4. The summed E-state index contributed by atoms with van der Waals surface area (Å²) in [6, 6.07) is 8.19. The second-order valence-corrected chi connectivity index (χ2v) is 13.2. The van der Waals surface area contributed by atoms with Crippen LogP contribution in [0.4, 0.5) is 5.69 Å². The molecule has 1 unspecified atom stereocenters. The summed E-state index contributed by atoms with van der Waals surface area (Å²) in [6.07, 6.45) is 0.690. The van der Waals surface area contributed by atoms with Crippen LogP contribution in [0.5, 0.6) is 0 Å². The van der Waals surface area contributed by atoms with Crippen LogP contribution in [0.3, 0.4) is 0 Å². The van der Waals surface area contributed by atoms with Crippen LogP contribution < -0.4 is 5.32 Å². The highest BCUT2D eigenvalue weighted by Crippen LogP contribution is 2.20. The zero-order valence-corrected chi connectivity index (χ0v) is 27.5. The quantitative estimate of drug-likeness (QED) is 0.382. The number of rotatable bonds is 11. The number of nitrogens with one attached hydrogen (secondary N) is 1. The van der Waals surface area contributed by atoms with Crippen LogP contribution in [0.15, 0.2) is 24.3 Å². The highest BCUT2D eigenvalue weighted by atomic mass is 32.1. The first-order valence-corrected chi connectivity index (χ1v) is 15.3. The molecule has 1 atom stereocenters. The van der Waals surface area contributed by atoms with Crippen molar-refractivity contribution in [2.45, 2.75) is 60.9 Å². The highest BCUT2D eigenvalue weighted by Gasteiger charge is 2.26. The summed E-state index contributed by atoms with van der Waals surface area (Å²) in [5.74, 6) is 0.327. The average molecular weight is 602 g/mol. The number of carbonyl (C=O) groups excluding carboxylic acids is 4. The van der Waals surface area contributed by atoms with Gasteiger partial charge in [0.05, 0.1) is 31.2 Å². The number of thiocarbonyl (C=S) groups is 1. The summed E-state index contributed by atoms with van der Waals surface area (Å²) in [4.78, 5) is 58.2. The lowest BCUT2D eigenvalue weighted by molar-refractivity contribution is -0.121. The number of ketones is 4. The van der Waals surface area contributed by atoms with Crippen LogP contribution in [0, 0.1) is 5.41 Å². The molecule has 1 heterocycles. The van der Waals surface area contributed by atoms with Gasteiger partial charge in [-0.25, -0.2) is 0 Å². The van der Waals surface area contributed by atoms with E-state index in [1.165, 1.54) is 0 Å². The number of benzene rings is 1. The molecule has 1 N–H and O–H groups in total. The Labute approximate surface area is 258 Å². The van der Waals surface area contributed by atoms with Crippen LogP contribution in [0.25, 0.3) is 0 Å². The maximum absolute atomic E-state index is 12.4. The molecule has 10 heteroatoms. The summed E-state index contributed by atoms with van der Waals surface area (Å²) in [7, 11) is 0. The fraction of sp³-hybridized carbons (Fsp3) is 0.656. The number of carbonyl (C=O) groups is 4. The van der Waals surface area contributed by atoms with E-state index in [4.69, 9.17) is 12.2 Å². The van der Waals surface area contributed by atoms with Crippen LogP contribution in [0.1, 0.15) is 54.0 Å². The summed E-state index contributed by atoms with van der Waals surface area (Å²) in [5, 5.41) is 3.33. The van der Waals surface area contributed by atoms with E-state index in [-0.39, 0.29) is 34.6 Å². The summed E-state index contributed by atoms with van der Waals surface area (Å²) in [5.41, 5.74) is 1.92. The first kappa shape index (κ1) is 35.8. The summed E-state index contributed by atoms with van der Waals surface area (Å²) in [6.45, 7) is 18.2. The van der Waals surface area contributed by atoms with E-state index in [0.717, 1.165) is 16.2 Å². The van der Waals surface area contributed by atoms with Gasteiger partial charge in [0.2, 0.25) is 0 Å². The van der Waals surface area contributed by atoms with Crippen molar-refractivity contribution >= 4 is 46.0 Å². The Hall–Kier alpha value is -2.37. The number of hydrogen-bond donors (Lipinski definition) is 1. The molecule has 0 amide bonds. The zero-order chi connectivity index (χ0) is 31.4. The molecule has 2 rings (SSSR count). The largest absolute Gasteiger partial charge is 0.350 e. The minimum Gasteiger partial charge on any atom is -0.350 e. The van der Waals surface area contributed by atoms with E-state index in [9.17, 15) is 19.2 Å². The number of anilines is 1. The second kappa shape index (κ2) is 17.1. The molecular formula is C32H51N5O4S. The van der Waals surface area contributed by atoms with Gasteiger partial charge >= 0.3 is 0 Å². The monoisotopic (exact) mass is 601 g/mol. The Morgan fingerprint density at radius 1 is 0.714 bits per heavy atom. The van der Waals surface area contributed by atoms with Gasteiger partial charge < -0.3 is 5.32 Å². The maximum Gasteiger partial charge on any atom is 0.143 e. The van der Waals surface area contributed by atoms with Gasteiger partial charge in [0.1, 0.15) is 23.1 Å². The Morgan fingerprint density at radius 2 is 1.14 bits per heavy atom. The summed E-state index contributed by atoms with van der Waals surface area (Å²) >= 11 is 5.55. The molecule has 1 aromatic rings. The van der Waals surface area contributed by atoms with Crippen molar-refractivity contribution in [3.8, 4) is 0 Å². The van der Waals surface area contributed by atoms with E-state index >= 15 is 0 Å². The second-order valence-electron chi connectivity index (χ2n) is 12.8. The molecule has 9 nitrogen and oxygen atoms in total. The van der Waals surface area contributed by atoms with Crippen molar-refractivity contribution < 1.29 is 19.2 Å². The highest BCUT2D eigenvalue weighted by molar-refractivity contribution is 7.80. The smallest absolute Gasteiger partial charge is 0.143 e. The standard InChI is InChI=1S/C32H51N5O4S/c1-24(38)19-34-12-13-35(20-25(2)39)16-17-37(22-27(4)41)30(23-36(15-14-34)21-26(3)40)18-28-8-10-29(11-9-28)33-31(42)32(5,6)7/h8-11,30H,12-23H2,1-7H3,(H,33,42). The van der Waals surface area contributed by atoms with Crippen molar-refractivity contribution in [3.05, 3.63) is 29.8 Å². The van der Waals surface area contributed by atoms with Gasteiger partial charge in [-0.3, -0.25) is 38.8 Å². The van der Waals surface area contributed by atoms with Crippen LogP contribution in [0.2, 0.25) is 0 Å². The van der Waals surface area contributed by atoms with Crippen molar-refractivity contribution in [3.63, 3.8) is 0 Å². The molecule has 1 aliphatic rings. The van der Waals surface area contributed by atoms with Gasteiger partial charge in [0.25, 0.3) is 0 Å². The lowest BCUT2D eigenvalue weighted by Crippen LogP contribution is -2.53. The van der Waals surface area contributed by atoms with Crippen molar-refractivity contribution in [1.82, 2.24) is 19.6 Å². The van der Waals surface area contributed by atoms with Gasteiger partial charge in [0, 0.05) is 63.0 Å². The average Bonchev–Trinajstić information content (AvgIpc) is 2.85. The fourth-order valence-electron chi connectivity index (χ4n) is 5.15. The van der Waals surface area contributed by atoms with Gasteiger partial charge in [-0.1, -0.05) is 45.1 Å². The van der Waals surface area contributed by atoms with Crippen LogP contribution in [-0.2, 0) is 25.6 Å². The lowest BCUT2D eigenvalue weighted by Gasteiger charge is -2.38. The molecule has 0 aromatic heterocycles. The predicted octanol–water partition coefficient (Wildman–Crippen LogP) is 2.96. The van der Waals surface area contributed by atoms with Crippen molar-refractivity contribution in [2.24, 2.45) is 5.41 Å². The minimum absolute atomic E-state index is 0.0393. The van der Waals surface area contributed by atoms with Gasteiger partial charge in [-0.15, -0.1) is 0 Å². The molecular weight excluding hydrogens is 550 g/mol. The van der Waals surface area contributed by atoms with Crippen molar-refractivity contribution in [2.75, 3.05) is 77.3 Å². The topological polar surface area (TPSA) is 93.3 Å². The van der Waals surface area contributed by atoms with Gasteiger partial charge in [0.15, 0.2) is 0 Å². The number of Topliss-reactive ketones (excluding diaryl/α,β-unsaturated/α-hetero) is 4. The van der Waals surface area contributed by atoms with E-state index in [0.29, 0.717) is 78.4 Å². The SMILES string of the molecule is CC(=O)CN1CCN(CC(C)=O)CCN(CC(C)=O)C(Cc2ccc(NC(=S)C(C)(C)C)cc2)CN(CC(C)=O)CC1. The first-order chi connectivity index (χ1) is 19.6. The Kier molecular flexibility index (Phi) is 14.5. The third kappa shape index (κ3) is 13.7. The molecule has 1 saturated heterocycles. The van der Waals surface area contributed by atoms with E-state index in [1.54, 1.807) is 27.7 Å². The molecule has 42 heavy (non-hydrogen) atoms. The van der Waals surface area contributed by atoms with E-state index in [2.05, 4.69) is 57.8 Å². The Morgan fingerprint density at radius 3 is 1.60 bits per heavy atom. The molecule has 0 aliphatic carbocycles.